The van der Waals surface area contributed by atoms with Crippen molar-refractivity contribution in [3.05, 3.63) is 0 Å². The van der Waals surface area contributed by atoms with Crippen LogP contribution in [-0.4, -0.2) is 147 Å². The predicted molar refractivity (Wildman–Crippen MR) is 151 cm³/mol. The lowest BCUT2D eigenvalue weighted by Gasteiger charge is -2.23. The Morgan fingerprint density at radius 3 is 1.38 bits per heavy atom. The Hall–Kier alpha value is -2.11. The first-order chi connectivity index (χ1) is 20.2. The van der Waals surface area contributed by atoms with Gasteiger partial charge in [-0.05, 0) is 27.2 Å². The van der Waals surface area contributed by atoms with Gasteiger partial charge in [-0.15, -0.1) is 0 Å². The van der Waals surface area contributed by atoms with Gasteiger partial charge in [0.15, 0.2) is 0 Å². The van der Waals surface area contributed by atoms with Crippen LogP contribution in [0.1, 0.15) is 33.6 Å². The van der Waals surface area contributed by atoms with E-state index < -0.39 is 29.6 Å². The van der Waals surface area contributed by atoms with Crippen molar-refractivity contribution >= 4 is 18.0 Å². The van der Waals surface area contributed by atoms with E-state index in [0.29, 0.717) is 92.5 Å². The molecule has 2 amide bonds. The number of amides is 2. The molecule has 3 N–H and O–H groups in total. The SMILES string of the molecule is COCCOCCOCCOCCOCCOCCOCCOCCNC(=O)[C@H](CCC(=O)O)NC(=O)OC(C)(C)C. The van der Waals surface area contributed by atoms with Gasteiger partial charge in [0.1, 0.15) is 11.6 Å². The Bertz CT molecular complexity index is 677. The third-order valence-electron chi connectivity index (χ3n) is 4.86. The number of carbonyl (C=O) groups is 3. The second-order valence-corrected chi connectivity index (χ2v) is 9.70. The van der Waals surface area contributed by atoms with Crippen LogP contribution in [0, 0.1) is 0 Å². The van der Waals surface area contributed by atoms with E-state index in [0.717, 1.165) is 0 Å². The minimum atomic E-state index is -1.07. The molecule has 0 aromatic rings. The number of rotatable bonds is 29. The third kappa shape index (κ3) is 29.4. The van der Waals surface area contributed by atoms with Crippen LogP contribution in [0.25, 0.3) is 0 Å². The van der Waals surface area contributed by atoms with E-state index in [9.17, 15) is 14.4 Å². The maximum absolute atomic E-state index is 12.4. The molecule has 0 fully saturated rings. The largest absolute Gasteiger partial charge is 0.481 e. The number of ether oxygens (including phenoxy) is 9. The van der Waals surface area contributed by atoms with Gasteiger partial charge >= 0.3 is 12.1 Å². The van der Waals surface area contributed by atoms with Gasteiger partial charge in [-0.3, -0.25) is 9.59 Å². The molecule has 0 aliphatic heterocycles. The van der Waals surface area contributed by atoms with Crippen molar-refractivity contribution in [3.63, 3.8) is 0 Å². The Balaban J connectivity index is 3.56. The highest BCUT2D eigenvalue weighted by molar-refractivity contribution is 5.86. The molecule has 15 heteroatoms. The standard InChI is InChI=1S/C27H52N2O13/c1-27(2,3)42-26(33)29-23(5-6-24(30)31)25(32)28-7-8-35-11-12-37-15-16-39-19-20-41-22-21-40-18-17-38-14-13-36-10-9-34-4/h23H,5-22H2,1-4H3,(H,28,32)(H,29,33)(H,30,31)/t23-/m0/s1. The monoisotopic (exact) mass is 612 g/mol. The van der Waals surface area contributed by atoms with Gasteiger partial charge in [0.2, 0.25) is 5.91 Å². The number of carboxylic acids is 1. The van der Waals surface area contributed by atoms with Crippen LogP contribution < -0.4 is 10.6 Å². The van der Waals surface area contributed by atoms with Crippen molar-refractivity contribution in [2.45, 2.75) is 45.3 Å². The molecule has 248 valence electrons. The van der Waals surface area contributed by atoms with Crippen molar-refractivity contribution in [2.24, 2.45) is 0 Å². The molecule has 0 aliphatic carbocycles. The molecule has 0 rings (SSSR count). The summed E-state index contributed by atoms with van der Waals surface area (Å²) < 4.78 is 47.8. The van der Waals surface area contributed by atoms with Gasteiger partial charge in [-0.2, -0.15) is 0 Å². The second-order valence-electron chi connectivity index (χ2n) is 9.70. The Labute approximate surface area is 249 Å². The fourth-order valence-corrected chi connectivity index (χ4v) is 2.92. The van der Waals surface area contributed by atoms with E-state index in [4.69, 9.17) is 47.7 Å². The summed E-state index contributed by atoms with van der Waals surface area (Å²) in [6, 6.07) is -1.04. The zero-order chi connectivity index (χ0) is 31.3. The van der Waals surface area contributed by atoms with Crippen LogP contribution in [0.2, 0.25) is 0 Å². The predicted octanol–water partition coefficient (Wildman–Crippen LogP) is 0.623. The van der Waals surface area contributed by atoms with Crippen molar-refractivity contribution in [3.8, 4) is 0 Å². The molecule has 0 unspecified atom stereocenters. The molecular weight excluding hydrogens is 560 g/mol. The van der Waals surface area contributed by atoms with Crippen molar-refractivity contribution in [1.82, 2.24) is 10.6 Å². The summed E-state index contributed by atoms with van der Waals surface area (Å²) >= 11 is 0. The number of carboxylic acid groups (broad SMARTS) is 1. The zero-order valence-corrected chi connectivity index (χ0v) is 25.7. The summed E-state index contributed by atoms with van der Waals surface area (Å²) in [6.45, 7) is 12.0. The highest BCUT2D eigenvalue weighted by Crippen LogP contribution is 2.08. The highest BCUT2D eigenvalue weighted by Gasteiger charge is 2.24. The fourth-order valence-electron chi connectivity index (χ4n) is 2.92. The van der Waals surface area contributed by atoms with Gasteiger partial charge in [-0.1, -0.05) is 0 Å². The molecule has 0 saturated carbocycles. The number of alkyl carbamates (subject to hydrolysis) is 1. The van der Waals surface area contributed by atoms with E-state index in [1.54, 1.807) is 27.9 Å². The molecule has 42 heavy (non-hydrogen) atoms. The second kappa shape index (κ2) is 27.7. The summed E-state index contributed by atoms with van der Waals surface area (Å²) in [7, 11) is 1.63. The topological polar surface area (TPSA) is 179 Å². The van der Waals surface area contributed by atoms with Crippen LogP contribution in [0.15, 0.2) is 0 Å². The van der Waals surface area contributed by atoms with Crippen LogP contribution >= 0.6 is 0 Å². The number of aliphatic carboxylic acids is 1. The Morgan fingerprint density at radius 2 is 1.02 bits per heavy atom. The van der Waals surface area contributed by atoms with Crippen LogP contribution in [0.5, 0.6) is 0 Å². The molecule has 15 nitrogen and oxygen atoms in total. The van der Waals surface area contributed by atoms with Gasteiger partial charge < -0.3 is 58.4 Å². The molecule has 0 heterocycles. The first-order valence-electron chi connectivity index (χ1n) is 14.2. The van der Waals surface area contributed by atoms with Gasteiger partial charge in [-0.25, -0.2) is 4.79 Å². The van der Waals surface area contributed by atoms with Crippen molar-refractivity contribution in [1.29, 1.82) is 0 Å². The molecule has 0 aromatic carbocycles. The first-order valence-corrected chi connectivity index (χ1v) is 14.2. The fraction of sp³-hybridized carbons (Fsp3) is 0.889. The third-order valence-corrected chi connectivity index (χ3v) is 4.86. The minimum Gasteiger partial charge on any atom is -0.481 e. The van der Waals surface area contributed by atoms with Gasteiger partial charge in [0, 0.05) is 20.1 Å². The lowest BCUT2D eigenvalue weighted by molar-refractivity contribution is -0.137. The maximum atomic E-state index is 12.4. The van der Waals surface area contributed by atoms with Crippen LogP contribution in [-0.2, 0) is 52.2 Å². The first kappa shape index (κ1) is 39.9. The highest BCUT2D eigenvalue weighted by atomic mass is 16.6. The lowest BCUT2D eigenvalue weighted by Crippen LogP contribution is -2.49. The molecule has 0 aliphatic rings. The van der Waals surface area contributed by atoms with Crippen LogP contribution in [0.3, 0.4) is 0 Å². The molecule has 0 saturated heterocycles. The molecule has 0 bridgehead atoms. The Morgan fingerprint density at radius 1 is 0.643 bits per heavy atom. The van der Waals surface area contributed by atoms with E-state index in [2.05, 4.69) is 10.6 Å². The van der Waals surface area contributed by atoms with E-state index >= 15 is 0 Å². The molecular formula is C27H52N2O13. The number of hydrogen-bond donors (Lipinski definition) is 3. The molecule has 1 atom stereocenters. The van der Waals surface area contributed by atoms with Crippen LogP contribution in [0.4, 0.5) is 4.79 Å². The summed E-state index contributed by atoms with van der Waals surface area (Å²) in [5, 5.41) is 13.9. The summed E-state index contributed by atoms with van der Waals surface area (Å²) in [5.74, 6) is -1.59. The molecule has 0 radical (unpaired) electrons. The van der Waals surface area contributed by atoms with E-state index in [-0.39, 0.29) is 26.0 Å². The number of methoxy groups -OCH3 is 1. The van der Waals surface area contributed by atoms with Crippen molar-refractivity contribution < 1.29 is 62.1 Å². The minimum absolute atomic E-state index is 0.0683. The maximum Gasteiger partial charge on any atom is 0.408 e. The average molecular weight is 613 g/mol. The van der Waals surface area contributed by atoms with Crippen molar-refractivity contribution in [2.75, 3.05) is 113 Å². The van der Waals surface area contributed by atoms with E-state index in [1.807, 2.05) is 0 Å². The number of hydrogen-bond acceptors (Lipinski definition) is 12. The summed E-state index contributed by atoms with van der Waals surface area (Å²) in [4.78, 5) is 35.2. The van der Waals surface area contributed by atoms with Gasteiger partial charge in [0.25, 0.3) is 0 Å². The summed E-state index contributed by atoms with van der Waals surface area (Å²) in [6.07, 6.45) is -1.14. The smallest absolute Gasteiger partial charge is 0.408 e. The lowest BCUT2D eigenvalue weighted by atomic mass is 10.1. The van der Waals surface area contributed by atoms with Gasteiger partial charge in [0.05, 0.1) is 99.1 Å². The molecule has 0 spiro atoms. The number of nitrogens with one attached hydrogen (secondary N) is 2. The quantitative estimate of drug-likeness (QED) is 0.100. The van der Waals surface area contributed by atoms with E-state index in [1.165, 1.54) is 0 Å². The average Bonchev–Trinajstić information content (AvgIpc) is 2.92. The molecule has 0 aromatic heterocycles. The normalized spacial score (nSPS) is 12.2. The summed E-state index contributed by atoms with van der Waals surface area (Å²) in [5.41, 5.74) is -0.748. The number of carbonyl (C=O) groups excluding carboxylic acids is 2. The zero-order valence-electron chi connectivity index (χ0n) is 25.7. The Kier molecular flexibility index (Phi) is 26.3.